The molecule has 3 N–H and O–H groups in total. The summed E-state index contributed by atoms with van der Waals surface area (Å²) in [5, 5.41) is 3.13. The Morgan fingerprint density at radius 1 is 1.60 bits per heavy atom. The van der Waals surface area contributed by atoms with E-state index in [1.165, 1.54) is 12.1 Å². The number of nitrogen functional groups attached to an aromatic ring is 1. The minimum absolute atomic E-state index is 0.0521. The fourth-order valence-corrected chi connectivity index (χ4v) is 1.41. The number of anilines is 2. The smallest absolute Gasteiger partial charge is 0.143 e. The van der Waals surface area contributed by atoms with E-state index in [1.54, 1.807) is 7.11 Å². The van der Waals surface area contributed by atoms with Crippen molar-refractivity contribution < 1.29 is 9.13 Å². The lowest BCUT2D eigenvalue weighted by molar-refractivity contribution is 0.190. The first-order valence-electron chi connectivity index (χ1n) is 4.54. The molecule has 15 heavy (non-hydrogen) atoms. The van der Waals surface area contributed by atoms with Gasteiger partial charge in [-0.2, -0.15) is 0 Å². The number of methoxy groups -OCH3 is 1. The lowest BCUT2D eigenvalue weighted by Crippen LogP contribution is -2.21. The molecule has 0 fully saturated rings. The second-order valence-corrected chi connectivity index (χ2v) is 3.76. The normalized spacial score (nSPS) is 12.5. The molecule has 0 radical (unpaired) electrons. The highest BCUT2D eigenvalue weighted by Gasteiger charge is 2.08. The van der Waals surface area contributed by atoms with Crippen LogP contribution in [0.2, 0.25) is 5.02 Å². The van der Waals surface area contributed by atoms with Crippen LogP contribution in [-0.2, 0) is 4.74 Å². The number of nitrogens with two attached hydrogens (primary N) is 1. The molecule has 1 atom stereocenters. The Balaban J connectivity index is 2.81. The number of benzene rings is 1. The minimum atomic E-state index is -0.515. The summed E-state index contributed by atoms with van der Waals surface area (Å²) >= 11 is 5.64. The number of hydrogen-bond donors (Lipinski definition) is 2. The summed E-state index contributed by atoms with van der Waals surface area (Å²) in [5.41, 5.74) is 6.58. The van der Waals surface area contributed by atoms with Gasteiger partial charge < -0.3 is 15.8 Å². The minimum Gasteiger partial charge on any atom is -0.397 e. The molecule has 1 aromatic carbocycles. The molecule has 1 rings (SSSR count). The zero-order chi connectivity index (χ0) is 11.4. The van der Waals surface area contributed by atoms with Crippen LogP contribution in [0.1, 0.15) is 6.92 Å². The lowest BCUT2D eigenvalue weighted by atomic mass is 10.2. The number of rotatable bonds is 4. The SMILES string of the molecule is COCC(C)Nc1cc(Cl)c(F)cc1N. The fraction of sp³-hybridized carbons (Fsp3) is 0.400. The number of halogens is 2. The van der Waals surface area contributed by atoms with E-state index in [1.807, 2.05) is 6.92 Å². The molecule has 1 aromatic rings. The molecule has 0 aromatic heterocycles. The summed E-state index contributed by atoms with van der Waals surface area (Å²) in [6.45, 7) is 2.47. The van der Waals surface area contributed by atoms with Gasteiger partial charge in [0, 0.05) is 19.2 Å². The molecule has 1 unspecified atom stereocenters. The van der Waals surface area contributed by atoms with E-state index < -0.39 is 5.82 Å². The van der Waals surface area contributed by atoms with Crippen LogP contribution in [0.4, 0.5) is 15.8 Å². The Kier molecular flexibility index (Phi) is 4.17. The van der Waals surface area contributed by atoms with E-state index in [4.69, 9.17) is 22.1 Å². The molecule has 0 bridgehead atoms. The third kappa shape index (κ3) is 3.25. The van der Waals surface area contributed by atoms with E-state index >= 15 is 0 Å². The number of ether oxygens (including phenoxy) is 1. The molecule has 3 nitrogen and oxygen atoms in total. The van der Waals surface area contributed by atoms with Crippen molar-refractivity contribution in [3.05, 3.63) is 23.0 Å². The Labute approximate surface area is 93.4 Å². The van der Waals surface area contributed by atoms with E-state index in [0.29, 0.717) is 18.0 Å². The molecule has 84 valence electrons. The molecule has 0 spiro atoms. The average Bonchev–Trinajstić information content (AvgIpc) is 2.14. The van der Waals surface area contributed by atoms with Gasteiger partial charge in [0.2, 0.25) is 0 Å². The van der Waals surface area contributed by atoms with Gasteiger partial charge in [0.25, 0.3) is 0 Å². The van der Waals surface area contributed by atoms with E-state index in [-0.39, 0.29) is 11.1 Å². The van der Waals surface area contributed by atoms with Crippen LogP contribution in [0.3, 0.4) is 0 Å². The van der Waals surface area contributed by atoms with Gasteiger partial charge in [-0.3, -0.25) is 0 Å². The van der Waals surface area contributed by atoms with Gasteiger partial charge in [-0.1, -0.05) is 11.6 Å². The number of nitrogens with one attached hydrogen (secondary N) is 1. The van der Waals surface area contributed by atoms with Crippen LogP contribution >= 0.6 is 11.6 Å². The predicted molar refractivity (Wildman–Crippen MR) is 60.8 cm³/mol. The highest BCUT2D eigenvalue weighted by atomic mass is 35.5. The Hall–Kier alpha value is -1.00. The Bertz CT molecular complexity index is 346. The molecule has 0 saturated carbocycles. The second-order valence-electron chi connectivity index (χ2n) is 3.35. The van der Waals surface area contributed by atoms with Gasteiger partial charge in [-0.15, -0.1) is 0 Å². The molecule has 0 heterocycles. The van der Waals surface area contributed by atoms with Crippen LogP contribution in [0.5, 0.6) is 0 Å². The van der Waals surface area contributed by atoms with Crippen molar-refractivity contribution in [1.82, 2.24) is 0 Å². The van der Waals surface area contributed by atoms with Gasteiger partial charge in [0.15, 0.2) is 0 Å². The monoisotopic (exact) mass is 232 g/mol. The average molecular weight is 233 g/mol. The van der Waals surface area contributed by atoms with Crippen molar-refractivity contribution in [1.29, 1.82) is 0 Å². The summed E-state index contributed by atoms with van der Waals surface area (Å²) in [7, 11) is 1.61. The van der Waals surface area contributed by atoms with Gasteiger partial charge >= 0.3 is 0 Å². The molecule has 0 aliphatic carbocycles. The zero-order valence-electron chi connectivity index (χ0n) is 8.68. The molecule has 5 heteroatoms. The first kappa shape index (κ1) is 12.1. The van der Waals surface area contributed by atoms with Crippen molar-refractivity contribution in [2.75, 3.05) is 24.8 Å². The van der Waals surface area contributed by atoms with Gasteiger partial charge in [-0.25, -0.2) is 4.39 Å². The van der Waals surface area contributed by atoms with Gasteiger partial charge in [0.1, 0.15) is 5.82 Å². The molecule has 0 amide bonds. The van der Waals surface area contributed by atoms with Crippen LogP contribution in [0.15, 0.2) is 12.1 Å². The third-order valence-corrected chi connectivity index (χ3v) is 2.20. The van der Waals surface area contributed by atoms with Gasteiger partial charge in [0.05, 0.1) is 23.0 Å². The predicted octanol–water partition coefficient (Wildman–Crippen LogP) is 2.51. The van der Waals surface area contributed by atoms with Gasteiger partial charge in [-0.05, 0) is 13.0 Å². The van der Waals surface area contributed by atoms with Crippen LogP contribution in [0, 0.1) is 5.82 Å². The summed E-state index contributed by atoms with van der Waals surface area (Å²) in [6.07, 6.45) is 0. The Morgan fingerprint density at radius 2 is 2.27 bits per heavy atom. The van der Waals surface area contributed by atoms with Crippen molar-refractivity contribution in [2.24, 2.45) is 0 Å². The lowest BCUT2D eigenvalue weighted by Gasteiger charge is -2.16. The first-order chi connectivity index (χ1) is 7.04. The van der Waals surface area contributed by atoms with Crippen LogP contribution < -0.4 is 11.1 Å². The maximum Gasteiger partial charge on any atom is 0.143 e. The van der Waals surface area contributed by atoms with Crippen molar-refractivity contribution >= 4 is 23.0 Å². The van der Waals surface area contributed by atoms with Crippen LogP contribution in [-0.4, -0.2) is 19.8 Å². The third-order valence-electron chi connectivity index (χ3n) is 1.91. The highest BCUT2D eigenvalue weighted by Crippen LogP contribution is 2.26. The summed E-state index contributed by atoms with van der Waals surface area (Å²) in [5.74, 6) is -0.515. The summed E-state index contributed by atoms with van der Waals surface area (Å²) < 4.78 is 17.9. The number of hydrogen-bond acceptors (Lipinski definition) is 3. The molecule has 0 aliphatic rings. The second kappa shape index (κ2) is 5.19. The standard InChI is InChI=1S/C10H14ClFN2O/c1-6(5-15-2)14-10-3-7(11)8(12)4-9(10)13/h3-4,6,14H,5,13H2,1-2H3. The molecular formula is C10H14ClFN2O. The van der Waals surface area contributed by atoms with Crippen molar-refractivity contribution in [3.63, 3.8) is 0 Å². The molecule has 0 saturated heterocycles. The summed E-state index contributed by atoms with van der Waals surface area (Å²) in [6, 6.07) is 2.75. The largest absolute Gasteiger partial charge is 0.397 e. The Morgan fingerprint density at radius 3 is 2.87 bits per heavy atom. The maximum absolute atomic E-state index is 13.0. The molecular weight excluding hydrogens is 219 g/mol. The van der Waals surface area contributed by atoms with Crippen molar-refractivity contribution in [3.8, 4) is 0 Å². The summed E-state index contributed by atoms with van der Waals surface area (Å²) in [4.78, 5) is 0. The topological polar surface area (TPSA) is 47.3 Å². The quantitative estimate of drug-likeness (QED) is 0.785. The van der Waals surface area contributed by atoms with Crippen molar-refractivity contribution in [2.45, 2.75) is 13.0 Å². The van der Waals surface area contributed by atoms with E-state index in [0.717, 1.165) is 0 Å². The maximum atomic E-state index is 13.0. The molecule has 0 aliphatic heterocycles. The van der Waals surface area contributed by atoms with E-state index in [2.05, 4.69) is 5.32 Å². The fourth-order valence-electron chi connectivity index (χ4n) is 1.24. The highest BCUT2D eigenvalue weighted by molar-refractivity contribution is 6.31. The van der Waals surface area contributed by atoms with E-state index in [9.17, 15) is 4.39 Å². The zero-order valence-corrected chi connectivity index (χ0v) is 9.44. The first-order valence-corrected chi connectivity index (χ1v) is 4.92. The van der Waals surface area contributed by atoms with Crippen LogP contribution in [0.25, 0.3) is 0 Å².